The Labute approximate surface area is 106 Å². The van der Waals surface area contributed by atoms with Crippen molar-refractivity contribution in [1.29, 1.82) is 0 Å². The Morgan fingerprint density at radius 2 is 1.78 bits per heavy atom. The molecule has 1 atom stereocenters. The number of rotatable bonds is 2. The standard InChI is InChI=1S/C12H20N2O4/c15-8-9-3-6-13(7-4-9)11(16)10-2-1-5-14(10)12(17)18/h9-10,15H,1-8H2,(H,17,18)/t10-/m0/s1. The number of likely N-dealkylation sites (tertiary alicyclic amines) is 2. The lowest BCUT2D eigenvalue weighted by Crippen LogP contribution is -2.49. The van der Waals surface area contributed by atoms with E-state index < -0.39 is 12.1 Å². The highest BCUT2D eigenvalue weighted by Crippen LogP contribution is 2.23. The molecule has 6 heteroatoms. The number of carbonyl (C=O) groups excluding carboxylic acids is 1. The number of hydrogen-bond acceptors (Lipinski definition) is 3. The maximum atomic E-state index is 12.3. The van der Waals surface area contributed by atoms with Crippen molar-refractivity contribution in [2.75, 3.05) is 26.2 Å². The number of carboxylic acid groups (broad SMARTS) is 1. The molecule has 2 fully saturated rings. The number of aliphatic hydroxyl groups is 1. The molecule has 2 rings (SSSR count). The number of piperidine rings is 1. The maximum absolute atomic E-state index is 12.3. The average molecular weight is 256 g/mol. The maximum Gasteiger partial charge on any atom is 0.407 e. The molecule has 0 bridgehead atoms. The molecule has 2 aliphatic heterocycles. The summed E-state index contributed by atoms with van der Waals surface area (Å²) in [6.45, 7) is 1.90. The van der Waals surface area contributed by atoms with Gasteiger partial charge in [0, 0.05) is 26.2 Å². The number of hydrogen-bond donors (Lipinski definition) is 2. The summed E-state index contributed by atoms with van der Waals surface area (Å²) in [5, 5.41) is 18.1. The highest BCUT2D eigenvalue weighted by Gasteiger charge is 2.37. The number of carbonyl (C=O) groups is 2. The van der Waals surface area contributed by atoms with Crippen LogP contribution < -0.4 is 0 Å². The van der Waals surface area contributed by atoms with Gasteiger partial charge in [-0.3, -0.25) is 9.69 Å². The molecule has 2 heterocycles. The van der Waals surface area contributed by atoms with E-state index in [0.717, 1.165) is 19.3 Å². The zero-order valence-corrected chi connectivity index (χ0v) is 10.4. The highest BCUT2D eigenvalue weighted by molar-refractivity contribution is 5.86. The minimum absolute atomic E-state index is 0.0636. The second-order valence-corrected chi connectivity index (χ2v) is 5.09. The van der Waals surface area contributed by atoms with E-state index in [-0.39, 0.29) is 18.4 Å². The lowest BCUT2D eigenvalue weighted by Gasteiger charge is -2.34. The summed E-state index contributed by atoms with van der Waals surface area (Å²) in [5.41, 5.74) is 0. The van der Waals surface area contributed by atoms with E-state index in [1.54, 1.807) is 4.90 Å². The van der Waals surface area contributed by atoms with Gasteiger partial charge in [-0.1, -0.05) is 0 Å². The van der Waals surface area contributed by atoms with Crippen LogP contribution in [0.15, 0.2) is 0 Å². The molecule has 2 amide bonds. The summed E-state index contributed by atoms with van der Waals surface area (Å²) >= 11 is 0. The summed E-state index contributed by atoms with van der Waals surface area (Å²) < 4.78 is 0. The fourth-order valence-electron chi connectivity index (χ4n) is 2.80. The van der Waals surface area contributed by atoms with Gasteiger partial charge in [-0.05, 0) is 31.6 Å². The van der Waals surface area contributed by atoms with Crippen LogP contribution in [0.3, 0.4) is 0 Å². The van der Waals surface area contributed by atoms with E-state index in [1.165, 1.54) is 4.90 Å². The van der Waals surface area contributed by atoms with Crippen molar-refractivity contribution >= 4 is 12.0 Å². The van der Waals surface area contributed by atoms with E-state index in [2.05, 4.69) is 0 Å². The monoisotopic (exact) mass is 256 g/mol. The second kappa shape index (κ2) is 5.56. The molecule has 0 unspecified atom stereocenters. The quantitative estimate of drug-likeness (QED) is 0.747. The van der Waals surface area contributed by atoms with Gasteiger partial charge in [0.05, 0.1) is 0 Å². The molecule has 2 saturated heterocycles. The van der Waals surface area contributed by atoms with Crippen molar-refractivity contribution in [3.63, 3.8) is 0 Å². The van der Waals surface area contributed by atoms with Gasteiger partial charge in [0.25, 0.3) is 0 Å². The first-order valence-corrected chi connectivity index (χ1v) is 6.52. The van der Waals surface area contributed by atoms with Crippen molar-refractivity contribution in [3.05, 3.63) is 0 Å². The molecule has 0 aromatic heterocycles. The van der Waals surface area contributed by atoms with Gasteiger partial charge in [-0.2, -0.15) is 0 Å². The molecule has 2 N–H and O–H groups in total. The van der Waals surface area contributed by atoms with Crippen molar-refractivity contribution in [1.82, 2.24) is 9.80 Å². The summed E-state index contributed by atoms with van der Waals surface area (Å²) in [6, 6.07) is -0.492. The smallest absolute Gasteiger partial charge is 0.407 e. The molecule has 18 heavy (non-hydrogen) atoms. The van der Waals surface area contributed by atoms with Crippen LogP contribution in [0.1, 0.15) is 25.7 Å². The van der Waals surface area contributed by atoms with Crippen molar-refractivity contribution in [3.8, 4) is 0 Å². The van der Waals surface area contributed by atoms with Crippen LogP contribution in [-0.4, -0.2) is 64.3 Å². The van der Waals surface area contributed by atoms with Crippen molar-refractivity contribution in [2.24, 2.45) is 5.92 Å². The Morgan fingerprint density at radius 3 is 2.33 bits per heavy atom. The molecular formula is C12H20N2O4. The molecule has 0 spiro atoms. The van der Waals surface area contributed by atoms with Crippen LogP contribution in [0.4, 0.5) is 4.79 Å². The van der Waals surface area contributed by atoms with Crippen LogP contribution in [0.25, 0.3) is 0 Å². The van der Waals surface area contributed by atoms with Crippen molar-refractivity contribution in [2.45, 2.75) is 31.7 Å². The Kier molecular flexibility index (Phi) is 4.06. The number of nitrogens with zero attached hydrogens (tertiary/aromatic N) is 2. The Bertz CT molecular complexity index is 326. The second-order valence-electron chi connectivity index (χ2n) is 5.09. The first-order chi connectivity index (χ1) is 8.63. The van der Waals surface area contributed by atoms with E-state index in [0.29, 0.717) is 26.1 Å². The molecule has 2 aliphatic rings. The molecule has 0 aromatic rings. The predicted molar refractivity (Wildman–Crippen MR) is 64.1 cm³/mol. The summed E-state index contributed by atoms with van der Waals surface area (Å²) in [6.07, 6.45) is 2.00. The van der Waals surface area contributed by atoms with Crippen LogP contribution >= 0.6 is 0 Å². The minimum atomic E-state index is -1.00. The Morgan fingerprint density at radius 1 is 1.11 bits per heavy atom. The Balaban J connectivity index is 1.93. The van der Waals surface area contributed by atoms with Gasteiger partial charge in [-0.25, -0.2) is 4.79 Å². The molecule has 0 radical (unpaired) electrons. The lowest BCUT2D eigenvalue weighted by atomic mass is 9.97. The van der Waals surface area contributed by atoms with E-state index in [9.17, 15) is 9.59 Å². The topological polar surface area (TPSA) is 81.1 Å². The van der Waals surface area contributed by atoms with Gasteiger partial charge in [-0.15, -0.1) is 0 Å². The van der Waals surface area contributed by atoms with Crippen LogP contribution in [0.2, 0.25) is 0 Å². The fraction of sp³-hybridized carbons (Fsp3) is 0.833. The summed E-state index contributed by atoms with van der Waals surface area (Å²) in [7, 11) is 0. The molecule has 102 valence electrons. The SMILES string of the molecule is O=C([C@@H]1CCCN1C(=O)O)N1CCC(CO)CC1. The molecule has 6 nitrogen and oxygen atoms in total. The van der Waals surface area contributed by atoms with E-state index in [4.69, 9.17) is 10.2 Å². The Hall–Kier alpha value is -1.30. The van der Waals surface area contributed by atoms with Crippen molar-refractivity contribution < 1.29 is 19.8 Å². The third-order valence-electron chi connectivity index (χ3n) is 3.97. The average Bonchev–Trinajstić information content (AvgIpc) is 2.87. The van der Waals surface area contributed by atoms with Gasteiger partial charge in [0.1, 0.15) is 6.04 Å². The largest absolute Gasteiger partial charge is 0.465 e. The van der Waals surface area contributed by atoms with Crippen LogP contribution in [-0.2, 0) is 4.79 Å². The molecular weight excluding hydrogens is 236 g/mol. The van der Waals surface area contributed by atoms with Crippen LogP contribution in [0.5, 0.6) is 0 Å². The molecule has 0 aliphatic carbocycles. The third kappa shape index (κ3) is 2.58. The highest BCUT2D eigenvalue weighted by atomic mass is 16.4. The normalized spacial score (nSPS) is 25.5. The summed E-state index contributed by atoms with van der Waals surface area (Å²) in [5.74, 6) is 0.222. The number of aliphatic hydroxyl groups excluding tert-OH is 1. The first kappa shape index (κ1) is 13.1. The fourth-order valence-corrected chi connectivity index (χ4v) is 2.80. The zero-order valence-electron chi connectivity index (χ0n) is 10.4. The lowest BCUT2D eigenvalue weighted by molar-refractivity contribution is -0.137. The number of amides is 2. The van der Waals surface area contributed by atoms with Gasteiger partial charge >= 0.3 is 6.09 Å². The van der Waals surface area contributed by atoms with Gasteiger partial charge in [0.15, 0.2) is 0 Å². The predicted octanol–water partition coefficient (Wildman–Crippen LogP) is 0.360. The van der Waals surface area contributed by atoms with E-state index in [1.807, 2.05) is 0 Å². The third-order valence-corrected chi connectivity index (χ3v) is 3.97. The van der Waals surface area contributed by atoms with E-state index >= 15 is 0 Å². The zero-order chi connectivity index (χ0) is 13.1. The molecule has 0 aromatic carbocycles. The van der Waals surface area contributed by atoms with Gasteiger partial charge in [0.2, 0.25) is 5.91 Å². The van der Waals surface area contributed by atoms with Crippen LogP contribution in [0, 0.1) is 5.92 Å². The van der Waals surface area contributed by atoms with Gasteiger partial charge < -0.3 is 15.1 Å². The first-order valence-electron chi connectivity index (χ1n) is 6.52. The summed E-state index contributed by atoms with van der Waals surface area (Å²) in [4.78, 5) is 26.3. The minimum Gasteiger partial charge on any atom is -0.465 e. The molecule has 0 saturated carbocycles.